The first kappa shape index (κ1) is 40.6. The van der Waals surface area contributed by atoms with Crippen LogP contribution in [0.25, 0.3) is 0 Å². The Morgan fingerprint density at radius 3 is 1.60 bits per heavy atom. The SMILES string of the molecule is CCOC(=O)CCc1ccc(OCC(O)C(F)NC(C)(C)CC2Cc3ccccc3C2)c(OCC(O)C(F)NC(C)(C)CC2Cc3ccccc3C2)c1. The van der Waals surface area contributed by atoms with E-state index in [0.717, 1.165) is 44.1 Å². The molecule has 0 heterocycles. The normalized spacial score (nSPS) is 17.2. The summed E-state index contributed by atoms with van der Waals surface area (Å²) in [6, 6.07) is 21.7. The number of alkyl halides is 2. The molecule has 4 unspecified atom stereocenters. The van der Waals surface area contributed by atoms with Gasteiger partial charge in [0, 0.05) is 17.5 Å². The molecule has 0 saturated carbocycles. The molecule has 8 nitrogen and oxygen atoms in total. The van der Waals surface area contributed by atoms with Gasteiger partial charge in [-0.05, 0) is 131 Å². The molecule has 0 spiro atoms. The molecule has 2 aliphatic carbocycles. The van der Waals surface area contributed by atoms with Gasteiger partial charge in [0.2, 0.25) is 0 Å². The molecule has 0 bridgehead atoms. The molecule has 4 atom stereocenters. The van der Waals surface area contributed by atoms with Crippen LogP contribution in [0.4, 0.5) is 8.78 Å². The minimum Gasteiger partial charge on any atom is -0.487 e. The lowest BCUT2D eigenvalue weighted by Gasteiger charge is -2.33. The molecule has 53 heavy (non-hydrogen) atoms. The van der Waals surface area contributed by atoms with Gasteiger partial charge in [-0.25, -0.2) is 8.78 Å². The van der Waals surface area contributed by atoms with Crippen LogP contribution in [0.5, 0.6) is 11.5 Å². The third-order valence-electron chi connectivity index (χ3n) is 10.4. The maximum absolute atomic E-state index is 15.5. The standard InChI is InChI=1S/C43H58F2N2O6/c1-6-51-39(50)18-16-28-15-17-37(52-26-35(48)40(44)46-42(2,3)24-29-19-31-11-7-8-12-32(31)20-29)38(23-28)53-27-36(49)41(45)47-43(4,5)25-30-21-33-13-9-10-14-34(33)22-30/h7-15,17,23,29-30,35-36,40-41,46-49H,6,16,18-22,24-27H2,1-5H3. The number of aryl methyl sites for hydroxylation is 1. The van der Waals surface area contributed by atoms with Crippen LogP contribution in [0.1, 0.15) is 81.7 Å². The van der Waals surface area contributed by atoms with Crippen LogP contribution in [0.3, 0.4) is 0 Å². The molecular formula is C43H58F2N2O6. The number of carbonyl (C=O) groups excluding carboxylic acids is 1. The highest BCUT2D eigenvalue weighted by molar-refractivity contribution is 5.69. The number of ether oxygens (including phenoxy) is 3. The first-order valence-electron chi connectivity index (χ1n) is 19.1. The molecule has 0 amide bonds. The largest absolute Gasteiger partial charge is 0.487 e. The van der Waals surface area contributed by atoms with E-state index in [-0.39, 0.29) is 37.1 Å². The number of halogens is 2. The molecule has 0 aromatic heterocycles. The van der Waals surface area contributed by atoms with E-state index in [2.05, 4.69) is 34.9 Å². The summed E-state index contributed by atoms with van der Waals surface area (Å²) in [5, 5.41) is 27.5. The number of carbonyl (C=O) groups is 1. The number of rotatable bonds is 20. The second kappa shape index (κ2) is 18.2. The van der Waals surface area contributed by atoms with E-state index in [4.69, 9.17) is 14.2 Å². The molecule has 0 aliphatic heterocycles. The van der Waals surface area contributed by atoms with E-state index < -0.39 is 42.5 Å². The predicted molar refractivity (Wildman–Crippen MR) is 203 cm³/mol. The molecule has 0 fully saturated rings. The van der Waals surface area contributed by atoms with Crippen molar-refractivity contribution in [2.24, 2.45) is 11.8 Å². The highest BCUT2D eigenvalue weighted by Crippen LogP contribution is 2.34. The molecule has 4 N–H and O–H groups in total. The van der Waals surface area contributed by atoms with Crippen molar-refractivity contribution in [2.75, 3.05) is 19.8 Å². The van der Waals surface area contributed by atoms with E-state index in [1.807, 2.05) is 52.0 Å². The Hall–Kier alpha value is -3.57. The maximum Gasteiger partial charge on any atom is 0.306 e. The first-order valence-corrected chi connectivity index (χ1v) is 19.1. The molecule has 5 rings (SSSR count). The van der Waals surface area contributed by atoms with Crippen molar-refractivity contribution in [1.82, 2.24) is 10.6 Å². The van der Waals surface area contributed by atoms with Gasteiger partial charge >= 0.3 is 5.97 Å². The lowest BCUT2D eigenvalue weighted by molar-refractivity contribution is -0.143. The predicted octanol–water partition coefficient (Wildman–Crippen LogP) is 6.60. The fourth-order valence-corrected chi connectivity index (χ4v) is 8.03. The summed E-state index contributed by atoms with van der Waals surface area (Å²) in [4.78, 5) is 12.0. The number of aliphatic hydroxyl groups is 2. The van der Waals surface area contributed by atoms with E-state index in [1.165, 1.54) is 22.3 Å². The van der Waals surface area contributed by atoms with E-state index in [1.54, 1.807) is 25.1 Å². The summed E-state index contributed by atoms with van der Waals surface area (Å²) >= 11 is 0. The Kier molecular flexibility index (Phi) is 13.9. The zero-order valence-corrected chi connectivity index (χ0v) is 31.9. The van der Waals surface area contributed by atoms with Gasteiger partial charge in [-0.3, -0.25) is 15.4 Å². The Balaban J connectivity index is 1.15. The quantitative estimate of drug-likeness (QED) is 0.0760. The number of nitrogens with one attached hydrogen (secondary N) is 2. The van der Waals surface area contributed by atoms with Gasteiger partial charge in [-0.2, -0.15) is 0 Å². The summed E-state index contributed by atoms with van der Waals surface area (Å²) in [5.74, 6) is 0.778. The van der Waals surface area contributed by atoms with Gasteiger partial charge in [0.15, 0.2) is 24.1 Å². The van der Waals surface area contributed by atoms with Crippen LogP contribution in [0.15, 0.2) is 66.7 Å². The van der Waals surface area contributed by atoms with Gasteiger partial charge in [0.25, 0.3) is 0 Å². The highest BCUT2D eigenvalue weighted by atomic mass is 19.1. The summed E-state index contributed by atoms with van der Waals surface area (Å²) in [6.45, 7) is 8.98. The van der Waals surface area contributed by atoms with Crippen molar-refractivity contribution < 1.29 is 38.0 Å². The Morgan fingerprint density at radius 2 is 1.17 bits per heavy atom. The number of esters is 1. The zero-order valence-electron chi connectivity index (χ0n) is 31.9. The van der Waals surface area contributed by atoms with Crippen molar-refractivity contribution in [1.29, 1.82) is 0 Å². The highest BCUT2D eigenvalue weighted by Gasteiger charge is 2.34. The van der Waals surface area contributed by atoms with Crippen molar-refractivity contribution >= 4 is 5.97 Å². The topological polar surface area (TPSA) is 109 Å². The minimum absolute atomic E-state index is 0.143. The van der Waals surface area contributed by atoms with Crippen molar-refractivity contribution in [3.05, 3.63) is 94.5 Å². The van der Waals surface area contributed by atoms with Crippen LogP contribution < -0.4 is 20.1 Å². The minimum atomic E-state index is -1.77. The molecule has 3 aromatic carbocycles. The number of aliphatic hydroxyl groups excluding tert-OH is 2. The Labute approximate surface area is 313 Å². The van der Waals surface area contributed by atoms with E-state index in [9.17, 15) is 15.0 Å². The lowest BCUT2D eigenvalue weighted by atomic mass is 9.88. The first-order chi connectivity index (χ1) is 25.2. The van der Waals surface area contributed by atoms with Gasteiger partial charge in [0.05, 0.1) is 6.61 Å². The Morgan fingerprint density at radius 1 is 0.736 bits per heavy atom. The number of hydrogen-bond acceptors (Lipinski definition) is 8. The maximum atomic E-state index is 15.5. The fraction of sp³-hybridized carbons (Fsp3) is 0.558. The lowest BCUT2D eigenvalue weighted by Crippen LogP contribution is -2.51. The van der Waals surface area contributed by atoms with Crippen LogP contribution in [0.2, 0.25) is 0 Å². The van der Waals surface area contributed by atoms with E-state index >= 15 is 8.78 Å². The zero-order chi connectivity index (χ0) is 38.2. The van der Waals surface area contributed by atoms with Crippen LogP contribution in [0, 0.1) is 11.8 Å². The van der Waals surface area contributed by atoms with Crippen LogP contribution >= 0.6 is 0 Å². The second-order valence-electron chi connectivity index (χ2n) is 16.2. The smallest absolute Gasteiger partial charge is 0.306 e. The average molecular weight is 737 g/mol. The molecule has 3 aromatic rings. The molecule has 290 valence electrons. The third-order valence-corrected chi connectivity index (χ3v) is 10.4. The summed E-state index contributed by atoms with van der Waals surface area (Å²) in [7, 11) is 0. The van der Waals surface area contributed by atoms with Gasteiger partial charge in [-0.1, -0.05) is 54.6 Å². The van der Waals surface area contributed by atoms with Crippen LogP contribution in [-0.2, 0) is 41.6 Å². The van der Waals surface area contributed by atoms with Gasteiger partial charge in [0.1, 0.15) is 25.4 Å². The van der Waals surface area contributed by atoms with Crippen molar-refractivity contribution in [3.63, 3.8) is 0 Å². The van der Waals surface area contributed by atoms with Gasteiger partial charge in [-0.15, -0.1) is 0 Å². The number of benzene rings is 3. The monoisotopic (exact) mass is 736 g/mol. The molecule has 10 heteroatoms. The Bertz CT molecular complexity index is 1600. The number of hydrogen-bond donors (Lipinski definition) is 4. The van der Waals surface area contributed by atoms with Crippen molar-refractivity contribution in [2.45, 2.75) is 122 Å². The van der Waals surface area contributed by atoms with E-state index in [0.29, 0.717) is 18.3 Å². The second-order valence-corrected chi connectivity index (χ2v) is 16.2. The van der Waals surface area contributed by atoms with Crippen molar-refractivity contribution in [3.8, 4) is 11.5 Å². The number of fused-ring (bicyclic) bond motifs is 2. The summed E-state index contributed by atoms with van der Waals surface area (Å²) in [5.41, 5.74) is 4.91. The molecule has 0 saturated heterocycles. The molecular weight excluding hydrogens is 678 g/mol. The third kappa shape index (κ3) is 12.0. The van der Waals surface area contributed by atoms with Crippen LogP contribution in [-0.4, -0.2) is 71.9 Å². The summed E-state index contributed by atoms with van der Waals surface area (Å²) in [6.07, 6.45) is -0.785. The fourth-order valence-electron chi connectivity index (χ4n) is 8.03. The summed E-state index contributed by atoms with van der Waals surface area (Å²) < 4.78 is 47.7. The average Bonchev–Trinajstić information content (AvgIpc) is 3.70. The molecule has 2 aliphatic rings. The molecule has 0 radical (unpaired) electrons. The van der Waals surface area contributed by atoms with Gasteiger partial charge < -0.3 is 24.4 Å².